The molecule has 0 bridgehead atoms. The predicted octanol–water partition coefficient (Wildman–Crippen LogP) is 4.32. The number of rotatable bonds is 7. The van der Waals surface area contributed by atoms with Gasteiger partial charge in [-0.1, -0.05) is 18.2 Å². The number of nitro groups is 1. The number of sulfone groups is 1. The highest BCUT2D eigenvalue weighted by atomic mass is 32.2. The maximum Gasteiger partial charge on any atom is 0.310 e. The number of hydrogen-bond acceptors (Lipinski definition) is 7. The Balaban J connectivity index is 2.00. The molecule has 0 spiro atoms. The number of para-hydroxylation sites is 2. The van der Waals surface area contributed by atoms with E-state index in [1.54, 1.807) is 13.0 Å². The number of hydrogen-bond donors (Lipinski definition) is 1. The summed E-state index contributed by atoms with van der Waals surface area (Å²) in [5, 5.41) is 15.4. The van der Waals surface area contributed by atoms with Gasteiger partial charge in [-0.05, 0) is 38.1 Å². The molecule has 1 atom stereocenters. The van der Waals surface area contributed by atoms with Gasteiger partial charge >= 0.3 is 5.69 Å². The zero-order chi connectivity index (χ0) is 20.5. The Kier molecular flexibility index (Phi) is 5.28. The molecule has 1 unspecified atom stereocenters. The molecule has 0 aliphatic rings. The molecule has 9 heteroatoms. The van der Waals surface area contributed by atoms with Gasteiger partial charge in [0.1, 0.15) is 16.3 Å². The molecule has 0 aliphatic heterocycles. The second kappa shape index (κ2) is 7.51. The number of ether oxygens (including phenoxy) is 1. The standard InChI is InChI=1S/C19H20N2O6S/c1-4-26-15-9-5-7-13-11-16(27-19(13)15)12(2)20-14-8-6-10-17(28(3,24)25)18(14)21(22)23/h5-12,20H,4H2,1-3H3. The Bertz CT molecular complexity index is 1140. The Labute approximate surface area is 162 Å². The topological polar surface area (TPSA) is 112 Å². The van der Waals surface area contributed by atoms with Crippen molar-refractivity contribution in [3.05, 3.63) is 58.3 Å². The van der Waals surface area contributed by atoms with Crippen LogP contribution in [0.15, 0.2) is 51.8 Å². The van der Waals surface area contributed by atoms with Gasteiger partial charge in [-0.3, -0.25) is 10.1 Å². The molecule has 3 rings (SSSR count). The third-order valence-corrected chi connectivity index (χ3v) is 5.34. The maximum absolute atomic E-state index is 11.9. The van der Waals surface area contributed by atoms with E-state index in [2.05, 4.69) is 5.32 Å². The zero-order valence-electron chi connectivity index (χ0n) is 15.6. The number of furan rings is 1. The minimum Gasteiger partial charge on any atom is -0.490 e. The molecule has 1 heterocycles. The highest BCUT2D eigenvalue weighted by molar-refractivity contribution is 7.90. The van der Waals surface area contributed by atoms with Crippen molar-refractivity contribution in [3.63, 3.8) is 0 Å². The molecule has 0 saturated heterocycles. The molecular weight excluding hydrogens is 384 g/mol. The van der Waals surface area contributed by atoms with E-state index in [1.807, 2.05) is 25.1 Å². The van der Waals surface area contributed by atoms with Crippen molar-refractivity contribution < 1.29 is 22.5 Å². The molecule has 0 fully saturated rings. The Hall–Kier alpha value is -3.07. The van der Waals surface area contributed by atoms with Gasteiger partial charge in [0.2, 0.25) is 0 Å². The number of nitro benzene ring substituents is 1. The van der Waals surface area contributed by atoms with Crippen molar-refractivity contribution in [2.75, 3.05) is 18.2 Å². The normalized spacial score (nSPS) is 12.7. The molecule has 0 saturated carbocycles. The van der Waals surface area contributed by atoms with E-state index in [-0.39, 0.29) is 10.6 Å². The summed E-state index contributed by atoms with van der Waals surface area (Å²) in [6.45, 7) is 4.14. The van der Waals surface area contributed by atoms with E-state index in [4.69, 9.17) is 9.15 Å². The van der Waals surface area contributed by atoms with E-state index in [9.17, 15) is 18.5 Å². The minimum absolute atomic E-state index is 0.103. The average molecular weight is 404 g/mol. The second-order valence-electron chi connectivity index (χ2n) is 6.30. The van der Waals surface area contributed by atoms with Crippen LogP contribution in [-0.4, -0.2) is 26.2 Å². The fraction of sp³-hybridized carbons (Fsp3) is 0.263. The van der Waals surface area contributed by atoms with E-state index in [0.717, 1.165) is 11.6 Å². The molecule has 0 radical (unpaired) electrons. The fourth-order valence-corrected chi connectivity index (χ4v) is 3.83. The van der Waals surface area contributed by atoms with Gasteiger partial charge in [-0.2, -0.15) is 0 Å². The van der Waals surface area contributed by atoms with Crippen LogP contribution in [0.5, 0.6) is 5.75 Å². The van der Waals surface area contributed by atoms with Gasteiger partial charge < -0.3 is 14.5 Å². The van der Waals surface area contributed by atoms with Crippen molar-refractivity contribution in [2.24, 2.45) is 0 Å². The van der Waals surface area contributed by atoms with E-state index in [1.165, 1.54) is 18.2 Å². The van der Waals surface area contributed by atoms with Crippen LogP contribution in [0, 0.1) is 10.1 Å². The summed E-state index contributed by atoms with van der Waals surface area (Å²) in [6.07, 6.45) is 0.942. The van der Waals surface area contributed by atoms with Crippen molar-refractivity contribution >= 4 is 32.2 Å². The SMILES string of the molecule is CCOc1cccc2cc(C(C)Nc3cccc(S(C)(=O)=O)c3[N+](=O)[O-])oc12. The van der Waals surface area contributed by atoms with Crippen LogP contribution < -0.4 is 10.1 Å². The lowest BCUT2D eigenvalue weighted by atomic mass is 10.2. The summed E-state index contributed by atoms with van der Waals surface area (Å²) in [7, 11) is -3.76. The summed E-state index contributed by atoms with van der Waals surface area (Å²) in [5.41, 5.74) is 0.210. The van der Waals surface area contributed by atoms with Gasteiger partial charge in [-0.25, -0.2) is 8.42 Å². The molecule has 2 aromatic carbocycles. The number of anilines is 1. The van der Waals surface area contributed by atoms with Crippen LogP contribution in [0.2, 0.25) is 0 Å². The zero-order valence-corrected chi connectivity index (χ0v) is 16.4. The lowest BCUT2D eigenvalue weighted by molar-refractivity contribution is -0.386. The molecule has 1 N–H and O–H groups in total. The first kappa shape index (κ1) is 19.7. The summed E-state index contributed by atoms with van der Waals surface area (Å²) < 4.78 is 35.3. The number of nitrogens with one attached hydrogen (secondary N) is 1. The van der Waals surface area contributed by atoms with Crippen molar-refractivity contribution in [1.82, 2.24) is 0 Å². The highest BCUT2D eigenvalue weighted by Gasteiger charge is 2.27. The van der Waals surface area contributed by atoms with Crippen molar-refractivity contribution in [3.8, 4) is 5.75 Å². The van der Waals surface area contributed by atoms with Crippen LogP contribution in [0.1, 0.15) is 25.6 Å². The minimum atomic E-state index is -3.76. The third kappa shape index (κ3) is 3.79. The van der Waals surface area contributed by atoms with Crippen LogP contribution in [0.3, 0.4) is 0 Å². The molecule has 1 aromatic heterocycles. The van der Waals surface area contributed by atoms with Crippen LogP contribution in [0.4, 0.5) is 11.4 Å². The van der Waals surface area contributed by atoms with Gasteiger partial charge in [0.05, 0.1) is 17.6 Å². The van der Waals surface area contributed by atoms with Crippen molar-refractivity contribution in [1.29, 1.82) is 0 Å². The summed E-state index contributed by atoms with van der Waals surface area (Å²) in [4.78, 5) is 10.5. The maximum atomic E-state index is 11.9. The van der Waals surface area contributed by atoms with E-state index in [0.29, 0.717) is 23.7 Å². The Morgan fingerprint density at radius 2 is 1.96 bits per heavy atom. The molecule has 3 aromatic rings. The van der Waals surface area contributed by atoms with Gasteiger partial charge in [0.25, 0.3) is 0 Å². The monoisotopic (exact) mass is 404 g/mol. The molecular formula is C19H20N2O6S. The predicted molar refractivity (Wildman–Crippen MR) is 106 cm³/mol. The first-order valence-electron chi connectivity index (χ1n) is 8.61. The Morgan fingerprint density at radius 1 is 1.25 bits per heavy atom. The first-order valence-corrected chi connectivity index (χ1v) is 10.5. The highest BCUT2D eigenvalue weighted by Crippen LogP contribution is 2.36. The van der Waals surface area contributed by atoms with Crippen molar-refractivity contribution in [2.45, 2.75) is 24.8 Å². The fourth-order valence-electron chi connectivity index (χ4n) is 2.97. The van der Waals surface area contributed by atoms with Gasteiger partial charge in [-0.15, -0.1) is 0 Å². The van der Waals surface area contributed by atoms with Gasteiger partial charge in [0, 0.05) is 11.6 Å². The Morgan fingerprint density at radius 3 is 2.61 bits per heavy atom. The third-order valence-electron chi connectivity index (χ3n) is 4.21. The van der Waals surface area contributed by atoms with Crippen LogP contribution in [0.25, 0.3) is 11.0 Å². The lowest BCUT2D eigenvalue weighted by Gasteiger charge is -2.14. The summed E-state index contributed by atoms with van der Waals surface area (Å²) >= 11 is 0. The van der Waals surface area contributed by atoms with Crippen LogP contribution >= 0.6 is 0 Å². The average Bonchev–Trinajstić information content (AvgIpc) is 3.06. The molecule has 8 nitrogen and oxygen atoms in total. The first-order chi connectivity index (χ1) is 13.2. The molecule has 0 amide bonds. The van der Waals surface area contributed by atoms with Gasteiger partial charge in [0.15, 0.2) is 21.2 Å². The quantitative estimate of drug-likeness (QED) is 0.461. The number of fused-ring (bicyclic) bond motifs is 1. The van der Waals surface area contributed by atoms with E-state index >= 15 is 0 Å². The number of nitrogens with zero attached hydrogens (tertiary/aromatic N) is 1. The smallest absolute Gasteiger partial charge is 0.310 e. The summed E-state index contributed by atoms with van der Waals surface area (Å²) in [6, 6.07) is 11.1. The largest absolute Gasteiger partial charge is 0.490 e. The van der Waals surface area contributed by atoms with E-state index < -0.39 is 26.5 Å². The molecule has 148 valence electrons. The summed E-state index contributed by atoms with van der Waals surface area (Å²) in [5.74, 6) is 1.16. The second-order valence-corrected chi connectivity index (χ2v) is 8.29. The number of benzene rings is 2. The molecule has 28 heavy (non-hydrogen) atoms. The lowest BCUT2D eigenvalue weighted by Crippen LogP contribution is -2.10. The molecule has 0 aliphatic carbocycles. The van der Waals surface area contributed by atoms with Crippen LogP contribution in [-0.2, 0) is 9.84 Å².